The minimum atomic E-state index is -0.334. The first-order chi connectivity index (χ1) is 15.1. The third-order valence-corrected chi connectivity index (χ3v) is 5.78. The van der Waals surface area contributed by atoms with E-state index in [1.807, 2.05) is 71.6 Å². The molecule has 1 saturated heterocycles. The summed E-state index contributed by atoms with van der Waals surface area (Å²) in [5, 5.41) is 11.3. The molecule has 1 amide bonds. The van der Waals surface area contributed by atoms with Crippen molar-refractivity contribution in [3.63, 3.8) is 0 Å². The van der Waals surface area contributed by atoms with Gasteiger partial charge in [-0.1, -0.05) is 78.9 Å². The minimum Gasteiger partial charge on any atom is -0.339 e. The van der Waals surface area contributed by atoms with Crippen LogP contribution in [0, 0.1) is 10.1 Å². The molecule has 0 atom stereocenters. The zero-order valence-electron chi connectivity index (χ0n) is 17.3. The van der Waals surface area contributed by atoms with E-state index >= 15 is 0 Å². The standard InChI is InChI=1S/C25H25N3O3/c29-25(24(20-9-3-1-4-10-20)21-11-5-2-6-12-21)27-17-15-26(16-18-27)19-22-13-7-8-14-23(22)28(30)31/h1-14,24H,15-19H2. The van der Waals surface area contributed by atoms with Gasteiger partial charge in [0.2, 0.25) is 5.91 Å². The van der Waals surface area contributed by atoms with Gasteiger partial charge in [-0.3, -0.25) is 19.8 Å². The number of rotatable bonds is 6. The number of hydrogen-bond donors (Lipinski definition) is 0. The highest BCUT2D eigenvalue weighted by atomic mass is 16.6. The predicted octanol–water partition coefficient (Wildman–Crippen LogP) is 4.07. The monoisotopic (exact) mass is 415 g/mol. The zero-order chi connectivity index (χ0) is 21.6. The fourth-order valence-corrected chi connectivity index (χ4v) is 4.14. The lowest BCUT2D eigenvalue weighted by Crippen LogP contribution is -2.49. The molecule has 0 spiro atoms. The van der Waals surface area contributed by atoms with Gasteiger partial charge in [-0.25, -0.2) is 0 Å². The quantitative estimate of drug-likeness (QED) is 0.450. The largest absolute Gasteiger partial charge is 0.339 e. The Kier molecular flexibility index (Phi) is 6.38. The Hall–Kier alpha value is -3.51. The van der Waals surface area contributed by atoms with Crippen LogP contribution >= 0.6 is 0 Å². The van der Waals surface area contributed by atoms with Crippen LogP contribution in [0.15, 0.2) is 84.9 Å². The van der Waals surface area contributed by atoms with Crippen LogP contribution < -0.4 is 0 Å². The average Bonchev–Trinajstić information content (AvgIpc) is 2.81. The first-order valence-electron chi connectivity index (χ1n) is 10.5. The molecule has 3 aromatic rings. The van der Waals surface area contributed by atoms with Gasteiger partial charge in [0, 0.05) is 44.4 Å². The van der Waals surface area contributed by atoms with Crippen molar-refractivity contribution in [1.29, 1.82) is 0 Å². The minimum absolute atomic E-state index is 0.0998. The van der Waals surface area contributed by atoms with Crippen LogP contribution in [0.4, 0.5) is 5.69 Å². The molecule has 0 aliphatic carbocycles. The summed E-state index contributed by atoms with van der Waals surface area (Å²) in [5.41, 5.74) is 2.83. The van der Waals surface area contributed by atoms with Gasteiger partial charge >= 0.3 is 0 Å². The second-order valence-corrected chi connectivity index (χ2v) is 7.74. The van der Waals surface area contributed by atoms with Gasteiger partial charge in [-0.05, 0) is 11.1 Å². The Morgan fingerprint density at radius 2 is 1.32 bits per heavy atom. The number of para-hydroxylation sites is 1. The molecule has 3 aromatic carbocycles. The van der Waals surface area contributed by atoms with Gasteiger partial charge in [0.1, 0.15) is 0 Å². The molecule has 1 heterocycles. The summed E-state index contributed by atoms with van der Waals surface area (Å²) in [7, 11) is 0. The molecule has 0 radical (unpaired) electrons. The van der Waals surface area contributed by atoms with Gasteiger partial charge in [0.05, 0.1) is 10.8 Å². The summed E-state index contributed by atoms with van der Waals surface area (Å²) < 4.78 is 0. The number of nitro groups is 1. The van der Waals surface area contributed by atoms with Crippen LogP contribution in [0.2, 0.25) is 0 Å². The fourth-order valence-electron chi connectivity index (χ4n) is 4.14. The summed E-state index contributed by atoms with van der Waals surface area (Å²) >= 11 is 0. The molecule has 0 aromatic heterocycles. The third kappa shape index (κ3) is 4.81. The lowest BCUT2D eigenvalue weighted by atomic mass is 9.90. The van der Waals surface area contributed by atoms with Crippen LogP contribution in [0.25, 0.3) is 0 Å². The van der Waals surface area contributed by atoms with Gasteiger partial charge in [0.25, 0.3) is 5.69 Å². The molecule has 31 heavy (non-hydrogen) atoms. The molecule has 0 saturated carbocycles. The van der Waals surface area contributed by atoms with E-state index < -0.39 is 0 Å². The summed E-state index contributed by atoms with van der Waals surface area (Å²) in [6.07, 6.45) is 0. The van der Waals surface area contributed by atoms with E-state index in [-0.39, 0.29) is 22.4 Å². The molecular weight excluding hydrogens is 390 g/mol. The highest BCUT2D eigenvalue weighted by Crippen LogP contribution is 2.28. The van der Waals surface area contributed by atoms with Crippen molar-refractivity contribution in [3.8, 4) is 0 Å². The van der Waals surface area contributed by atoms with Gasteiger partial charge in [0.15, 0.2) is 0 Å². The second kappa shape index (κ2) is 9.53. The Morgan fingerprint density at radius 3 is 1.87 bits per heavy atom. The molecule has 0 bridgehead atoms. The molecule has 1 aliphatic heterocycles. The van der Waals surface area contributed by atoms with E-state index in [2.05, 4.69) is 4.90 Å². The van der Waals surface area contributed by atoms with Gasteiger partial charge in [-0.15, -0.1) is 0 Å². The van der Waals surface area contributed by atoms with E-state index in [0.29, 0.717) is 38.3 Å². The average molecular weight is 415 g/mol. The molecule has 1 fully saturated rings. The van der Waals surface area contributed by atoms with Crippen molar-refractivity contribution in [1.82, 2.24) is 9.80 Å². The van der Waals surface area contributed by atoms with E-state index in [1.165, 1.54) is 0 Å². The second-order valence-electron chi connectivity index (χ2n) is 7.74. The predicted molar refractivity (Wildman–Crippen MR) is 120 cm³/mol. The van der Waals surface area contributed by atoms with E-state index in [0.717, 1.165) is 11.1 Å². The van der Waals surface area contributed by atoms with Crippen molar-refractivity contribution in [3.05, 3.63) is 112 Å². The highest BCUT2D eigenvalue weighted by molar-refractivity contribution is 5.87. The number of carbonyl (C=O) groups is 1. The maximum Gasteiger partial charge on any atom is 0.273 e. The molecule has 0 N–H and O–H groups in total. The summed E-state index contributed by atoms with van der Waals surface area (Å²) in [5.74, 6) is -0.230. The molecular formula is C25H25N3O3. The lowest BCUT2D eigenvalue weighted by molar-refractivity contribution is -0.385. The maximum atomic E-state index is 13.5. The topological polar surface area (TPSA) is 66.7 Å². The Labute approximate surface area is 181 Å². The van der Waals surface area contributed by atoms with Crippen LogP contribution in [0.5, 0.6) is 0 Å². The fraction of sp³-hybridized carbons (Fsp3) is 0.240. The summed E-state index contributed by atoms with van der Waals surface area (Å²) in [4.78, 5) is 28.6. The first-order valence-corrected chi connectivity index (χ1v) is 10.5. The number of amides is 1. The molecule has 4 rings (SSSR count). The molecule has 6 heteroatoms. The number of nitrogens with zero attached hydrogens (tertiary/aromatic N) is 3. The summed E-state index contributed by atoms with van der Waals surface area (Å²) in [6.45, 7) is 3.10. The van der Waals surface area contributed by atoms with Gasteiger partial charge in [-0.2, -0.15) is 0 Å². The molecule has 158 valence electrons. The van der Waals surface area contributed by atoms with Crippen molar-refractivity contribution in [2.45, 2.75) is 12.5 Å². The number of carbonyl (C=O) groups excluding carboxylic acids is 1. The van der Waals surface area contributed by atoms with Crippen molar-refractivity contribution in [2.75, 3.05) is 26.2 Å². The Balaban J connectivity index is 1.46. The van der Waals surface area contributed by atoms with E-state index in [1.54, 1.807) is 18.2 Å². The van der Waals surface area contributed by atoms with Crippen molar-refractivity contribution < 1.29 is 9.72 Å². The number of hydrogen-bond acceptors (Lipinski definition) is 4. The Bertz CT molecular complexity index is 993. The number of piperazine rings is 1. The van der Waals surface area contributed by atoms with Crippen molar-refractivity contribution >= 4 is 11.6 Å². The molecule has 0 unspecified atom stereocenters. The highest BCUT2D eigenvalue weighted by Gasteiger charge is 2.30. The van der Waals surface area contributed by atoms with Crippen LogP contribution in [0.3, 0.4) is 0 Å². The lowest BCUT2D eigenvalue weighted by Gasteiger charge is -2.36. The first kappa shape index (κ1) is 20.8. The molecule has 1 aliphatic rings. The van der Waals surface area contributed by atoms with Crippen molar-refractivity contribution in [2.24, 2.45) is 0 Å². The zero-order valence-corrected chi connectivity index (χ0v) is 17.3. The maximum absolute atomic E-state index is 13.5. The smallest absolute Gasteiger partial charge is 0.273 e. The van der Waals surface area contributed by atoms with Crippen LogP contribution in [-0.2, 0) is 11.3 Å². The van der Waals surface area contributed by atoms with Crippen LogP contribution in [0.1, 0.15) is 22.6 Å². The van der Waals surface area contributed by atoms with E-state index in [4.69, 9.17) is 0 Å². The number of benzene rings is 3. The van der Waals surface area contributed by atoms with Crippen LogP contribution in [-0.4, -0.2) is 46.8 Å². The van der Waals surface area contributed by atoms with Gasteiger partial charge < -0.3 is 4.90 Å². The molecule has 6 nitrogen and oxygen atoms in total. The SMILES string of the molecule is O=C(C(c1ccccc1)c1ccccc1)N1CCN(Cc2ccccc2[N+](=O)[O-])CC1. The Morgan fingerprint density at radius 1 is 0.806 bits per heavy atom. The third-order valence-electron chi connectivity index (χ3n) is 5.78. The number of nitro benzene ring substituents is 1. The van der Waals surface area contributed by atoms with E-state index in [9.17, 15) is 14.9 Å². The normalized spacial score (nSPS) is 14.5. The summed E-state index contributed by atoms with van der Waals surface area (Å²) in [6, 6.07) is 26.6.